The predicted molar refractivity (Wildman–Crippen MR) is 209 cm³/mol. The Labute approximate surface area is 321 Å². The van der Waals surface area contributed by atoms with Crippen LogP contribution in [0.2, 0.25) is 0 Å². The van der Waals surface area contributed by atoms with E-state index in [0.29, 0.717) is 31.6 Å². The number of amides is 3. The van der Waals surface area contributed by atoms with Crippen molar-refractivity contribution in [1.82, 2.24) is 29.4 Å². The van der Waals surface area contributed by atoms with Gasteiger partial charge < -0.3 is 25.4 Å². The first-order valence-electron chi connectivity index (χ1n) is 18.1. The summed E-state index contributed by atoms with van der Waals surface area (Å²) in [5.74, 6) is -0.695. The number of hydrogen-bond donors (Lipinski definition) is 3. The lowest BCUT2D eigenvalue weighted by atomic mass is 9.95. The number of thiazole rings is 1. The second kappa shape index (κ2) is 18.6. The number of hydrogen-bond acceptors (Lipinski definition) is 10. The first kappa shape index (κ1) is 40.5. The van der Waals surface area contributed by atoms with Gasteiger partial charge >= 0.3 is 6.03 Å². The summed E-state index contributed by atoms with van der Waals surface area (Å²) < 4.78 is 29.1. The normalized spacial score (nSPS) is 15.9. The topological polar surface area (TPSA) is 169 Å². The van der Waals surface area contributed by atoms with Gasteiger partial charge in [-0.25, -0.2) is 18.2 Å². The Morgan fingerprint density at radius 2 is 1.76 bits per heavy atom. The van der Waals surface area contributed by atoms with Gasteiger partial charge in [0.2, 0.25) is 15.9 Å². The average molecular weight is 776 g/mol. The maximum absolute atomic E-state index is 14.4. The van der Waals surface area contributed by atoms with E-state index < -0.39 is 34.1 Å². The number of carbonyl (C=O) groups is 2. The SMILES string of the molecule is CCC(C)C(C(=O)N[C@@H](Cc1ccccc1)[C@H](O)CN(CC(C)C)S(=O)(=O)c1ccc(/C=N/O)cc1)N1CCN(Cc2csc(-c3ccccn3)n2)C1=O. The molecule has 1 aliphatic heterocycles. The largest absolute Gasteiger partial charge is 0.411 e. The van der Waals surface area contributed by atoms with E-state index in [9.17, 15) is 23.1 Å². The Bertz CT molecular complexity index is 1960. The maximum atomic E-state index is 14.4. The van der Waals surface area contributed by atoms with E-state index in [1.807, 2.05) is 81.6 Å². The third-order valence-corrected chi connectivity index (χ3v) is 12.2. The molecule has 13 nitrogen and oxygen atoms in total. The summed E-state index contributed by atoms with van der Waals surface area (Å²) >= 11 is 1.46. The molecule has 1 aliphatic rings. The number of pyridine rings is 1. The minimum atomic E-state index is -4.07. The second-order valence-corrected chi connectivity index (χ2v) is 16.8. The van der Waals surface area contributed by atoms with E-state index in [4.69, 9.17) is 10.2 Å². The lowest BCUT2D eigenvalue weighted by molar-refractivity contribution is -0.128. The van der Waals surface area contributed by atoms with Crippen LogP contribution < -0.4 is 5.32 Å². The molecule has 288 valence electrons. The monoisotopic (exact) mass is 775 g/mol. The van der Waals surface area contributed by atoms with Crippen LogP contribution in [-0.2, 0) is 27.8 Å². The molecule has 4 atom stereocenters. The summed E-state index contributed by atoms with van der Waals surface area (Å²) in [5, 5.41) is 29.4. The molecule has 54 heavy (non-hydrogen) atoms. The van der Waals surface area contributed by atoms with Crippen LogP contribution in [0.1, 0.15) is 50.9 Å². The van der Waals surface area contributed by atoms with E-state index in [1.165, 1.54) is 46.1 Å². The quantitative estimate of drug-likeness (QED) is 0.0713. The summed E-state index contributed by atoms with van der Waals surface area (Å²) in [7, 11) is -4.07. The van der Waals surface area contributed by atoms with Crippen molar-refractivity contribution in [1.29, 1.82) is 0 Å². The molecule has 3 N–H and O–H groups in total. The predicted octanol–water partition coefficient (Wildman–Crippen LogP) is 5.10. The molecule has 2 unspecified atom stereocenters. The van der Waals surface area contributed by atoms with Crippen LogP contribution in [0.3, 0.4) is 0 Å². The minimum Gasteiger partial charge on any atom is -0.411 e. The second-order valence-electron chi connectivity index (χ2n) is 14.0. The van der Waals surface area contributed by atoms with Gasteiger partial charge in [-0.2, -0.15) is 4.31 Å². The summed E-state index contributed by atoms with van der Waals surface area (Å²) in [5.41, 5.74) is 2.86. The van der Waals surface area contributed by atoms with Crippen molar-refractivity contribution in [2.24, 2.45) is 17.0 Å². The smallest absolute Gasteiger partial charge is 0.321 e. The molecule has 4 aromatic rings. The van der Waals surface area contributed by atoms with Crippen molar-refractivity contribution in [2.75, 3.05) is 26.2 Å². The highest BCUT2D eigenvalue weighted by Crippen LogP contribution is 2.26. The molecule has 0 spiro atoms. The number of sulfonamides is 1. The van der Waals surface area contributed by atoms with Crippen LogP contribution in [-0.4, -0.2) is 105 Å². The van der Waals surface area contributed by atoms with Gasteiger partial charge in [0, 0.05) is 37.8 Å². The number of nitrogens with zero attached hydrogens (tertiary/aromatic N) is 6. The van der Waals surface area contributed by atoms with Gasteiger partial charge in [-0.15, -0.1) is 11.3 Å². The van der Waals surface area contributed by atoms with Gasteiger partial charge in [0.15, 0.2) is 0 Å². The summed E-state index contributed by atoms with van der Waals surface area (Å²) in [6.07, 6.45) is 2.46. The molecule has 0 aliphatic carbocycles. The van der Waals surface area contributed by atoms with E-state index in [2.05, 4.69) is 15.5 Å². The fraction of sp³-hybridized carbons (Fsp3) is 0.410. The highest BCUT2D eigenvalue weighted by Gasteiger charge is 2.41. The number of nitrogens with one attached hydrogen (secondary N) is 1. The average Bonchev–Trinajstić information content (AvgIpc) is 3.78. The van der Waals surface area contributed by atoms with Crippen molar-refractivity contribution in [3.63, 3.8) is 0 Å². The van der Waals surface area contributed by atoms with E-state index in [-0.39, 0.29) is 42.3 Å². The number of aliphatic hydroxyl groups excluding tert-OH is 1. The number of aliphatic hydroxyl groups is 1. The van der Waals surface area contributed by atoms with Crippen LogP contribution in [0.15, 0.2) is 94.4 Å². The molecule has 3 heterocycles. The molecule has 15 heteroatoms. The summed E-state index contributed by atoms with van der Waals surface area (Å²) in [6.45, 7) is 8.57. The van der Waals surface area contributed by atoms with E-state index in [1.54, 1.807) is 16.0 Å². The van der Waals surface area contributed by atoms with E-state index in [0.717, 1.165) is 22.0 Å². The van der Waals surface area contributed by atoms with Crippen LogP contribution in [0.25, 0.3) is 10.7 Å². The highest BCUT2D eigenvalue weighted by atomic mass is 32.2. The lowest BCUT2D eigenvalue weighted by Crippen LogP contribution is -2.57. The molecule has 5 rings (SSSR count). The van der Waals surface area contributed by atoms with Gasteiger partial charge in [-0.3, -0.25) is 9.78 Å². The van der Waals surface area contributed by atoms with Gasteiger partial charge in [0.1, 0.15) is 11.0 Å². The number of urea groups is 1. The molecular formula is C39H49N7O6S2. The van der Waals surface area contributed by atoms with E-state index >= 15 is 0 Å². The van der Waals surface area contributed by atoms with Crippen molar-refractivity contribution in [2.45, 2.75) is 70.2 Å². The van der Waals surface area contributed by atoms with Crippen molar-refractivity contribution >= 4 is 39.5 Å². The zero-order chi connectivity index (χ0) is 38.8. The Balaban J connectivity index is 1.36. The number of aromatic nitrogens is 2. The standard InChI is InChI=1S/C39H49N7O6S2/c1-5-28(4)36(46-20-19-44(39(46)49)24-31-26-53-38(42-31)33-13-9-10-18-40-33)37(48)43-34(21-29-11-7-6-8-12-29)35(47)25-45(23-27(2)3)54(51,52)32-16-14-30(15-17-32)22-41-50/h6-18,22,26-28,34-36,47,50H,5,19-21,23-25H2,1-4H3,(H,43,48)/b41-22+/t28?,34-,35+,36?/m0/s1. The highest BCUT2D eigenvalue weighted by molar-refractivity contribution is 7.89. The van der Waals surface area contributed by atoms with Crippen molar-refractivity contribution in [3.8, 4) is 10.7 Å². The Morgan fingerprint density at radius 1 is 1.04 bits per heavy atom. The Morgan fingerprint density at radius 3 is 2.41 bits per heavy atom. The Kier molecular flexibility index (Phi) is 13.9. The maximum Gasteiger partial charge on any atom is 0.321 e. The first-order chi connectivity index (χ1) is 25.9. The molecule has 0 radical (unpaired) electrons. The number of benzene rings is 2. The molecule has 2 aromatic heterocycles. The van der Waals surface area contributed by atoms with Crippen LogP contribution in [0.4, 0.5) is 4.79 Å². The van der Waals surface area contributed by atoms with Crippen molar-refractivity contribution in [3.05, 3.63) is 101 Å². The lowest BCUT2D eigenvalue weighted by Gasteiger charge is -2.35. The van der Waals surface area contributed by atoms with Gasteiger partial charge in [-0.05, 0) is 53.6 Å². The van der Waals surface area contributed by atoms with Crippen LogP contribution in [0.5, 0.6) is 0 Å². The number of rotatable bonds is 18. The van der Waals surface area contributed by atoms with Crippen molar-refractivity contribution < 1.29 is 28.3 Å². The first-order valence-corrected chi connectivity index (χ1v) is 20.4. The number of oxime groups is 1. The summed E-state index contributed by atoms with van der Waals surface area (Å²) in [6, 6.07) is 18.9. The molecule has 1 fully saturated rings. The van der Waals surface area contributed by atoms with Crippen LogP contribution >= 0.6 is 11.3 Å². The summed E-state index contributed by atoms with van der Waals surface area (Å²) in [4.78, 5) is 40.6. The molecule has 3 amide bonds. The zero-order valence-electron chi connectivity index (χ0n) is 31.0. The Hall–Kier alpha value is -4.70. The third kappa shape index (κ3) is 10.1. The molecule has 0 saturated carbocycles. The molecule has 1 saturated heterocycles. The zero-order valence-corrected chi connectivity index (χ0v) is 32.7. The molecule has 0 bridgehead atoms. The van der Waals surface area contributed by atoms with Gasteiger partial charge in [0.05, 0.1) is 41.2 Å². The molecular weight excluding hydrogens is 727 g/mol. The van der Waals surface area contributed by atoms with Crippen LogP contribution in [0, 0.1) is 11.8 Å². The molecule has 2 aromatic carbocycles. The minimum absolute atomic E-state index is 0.0219. The van der Waals surface area contributed by atoms with Gasteiger partial charge in [0.25, 0.3) is 0 Å². The van der Waals surface area contributed by atoms with Gasteiger partial charge in [-0.1, -0.05) is 87.8 Å². The fourth-order valence-electron chi connectivity index (χ4n) is 6.49. The fourth-order valence-corrected chi connectivity index (χ4v) is 8.90. The third-order valence-electron chi connectivity index (χ3n) is 9.48. The number of carbonyl (C=O) groups excluding carboxylic acids is 2.